The second-order valence-corrected chi connectivity index (χ2v) is 6.70. The third-order valence-electron chi connectivity index (χ3n) is 5.29. The molecule has 1 heterocycles. The lowest BCUT2D eigenvalue weighted by Crippen LogP contribution is -2.44. The summed E-state index contributed by atoms with van der Waals surface area (Å²) in [7, 11) is 0. The van der Waals surface area contributed by atoms with Crippen LogP contribution >= 0.6 is 0 Å². The Balaban J connectivity index is 2.14. The fraction of sp³-hybridized carbons (Fsp3) is 0.933. The molecule has 1 amide bonds. The SMILES string of the molecule is CCC1NC(C)(CC)C(=O)N1CC1(C(C)C)CC1. The van der Waals surface area contributed by atoms with Crippen LogP contribution in [0.25, 0.3) is 0 Å². The number of amides is 1. The van der Waals surface area contributed by atoms with E-state index in [9.17, 15) is 4.79 Å². The molecule has 3 heteroatoms. The largest absolute Gasteiger partial charge is 0.325 e. The second kappa shape index (κ2) is 4.52. The topological polar surface area (TPSA) is 32.3 Å². The van der Waals surface area contributed by atoms with Crippen LogP contribution in [0.5, 0.6) is 0 Å². The van der Waals surface area contributed by atoms with Crippen LogP contribution in [0, 0.1) is 11.3 Å². The molecule has 18 heavy (non-hydrogen) atoms. The fourth-order valence-corrected chi connectivity index (χ4v) is 3.14. The van der Waals surface area contributed by atoms with Crippen molar-refractivity contribution in [1.82, 2.24) is 10.2 Å². The molecule has 2 fully saturated rings. The molecule has 0 spiro atoms. The number of rotatable bonds is 5. The molecule has 2 atom stereocenters. The van der Waals surface area contributed by atoms with E-state index in [0.29, 0.717) is 17.2 Å². The Kier molecular flexibility index (Phi) is 3.48. The molecule has 1 aliphatic carbocycles. The highest BCUT2D eigenvalue weighted by Crippen LogP contribution is 2.53. The van der Waals surface area contributed by atoms with E-state index in [2.05, 4.69) is 37.9 Å². The van der Waals surface area contributed by atoms with Gasteiger partial charge in [0.25, 0.3) is 0 Å². The van der Waals surface area contributed by atoms with Crippen molar-refractivity contribution in [2.75, 3.05) is 6.54 Å². The highest BCUT2D eigenvalue weighted by Gasteiger charge is 2.53. The number of hydrogen-bond donors (Lipinski definition) is 1. The summed E-state index contributed by atoms with van der Waals surface area (Å²) in [6.45, 7) is 11.8. The highest BCUT2D eigenvalue weighted by atomic mass is 16.2. The maximum absolute atomic E-state index is 12.6. The van der Waals surface area contributed by atoms with E-state index in [1.807, 2.05) is 6.92 Å². The fourth-order valence-electron chi connectivity index (χ4n) is 3.14. The number of hydrogen-bond acceptors (Lipinski definition) is 2. The van der Waals surface area contributed by atoms with Gasteiger partial charge in [-0.05, 0) is 43.9 Å². The lowest BCUT2D eigenvalue weighted by Gasteiger charge is -2.30. The van der Waals surface area contributed by atoms with Crippen LogP contribution in [0.2, 0.25) is 0 Å². The van der Waals surface area contributed by atoms with Crippen molar-refractivity contribution < 1.29 is 4.79 Å². The number of carbonyl (C=O) groups excluding carboxylic acids is 1. The number of nitrogens with zero attached hydrogens (tertiary/aromatic N) is 1. The second-order valence-electron chi connectivity index (χ2n) is 6.70. The minimum Gasteiger partial charge on any atom is -0.325 e. The Hall–Kier alpha value is -0.570. The van der Waals surface area contributed by atoms with E-state index < -0.39 is 0 Å². The van der Waals surface area contributed by atoms with Gasteiger partial charge < -0.3 is 4.90 Å². The molecular formula is C15H28N2O. The summed E-state index contributed by atoms with van der Waals surface area (Å²) >= 11 is 0. The normalized spacial score (nSPS) is 34.4. The van der Waals surface area contributed by atoms with E-state index in [-0.39, 0.29) is 11.7 Å². The van der Waals surface area contributed by atoms with Gasteiger partial charge in [0.15, 0.2) is 0 Å². The molecule has 2 rings (SSSR count). The monoisotopic (exact) mass is 252 g/mol. The Labute approximate surface area is 111 Å². The Morgan fingerprint density at radius 3 is 2.39 bits per heavy atom. The summed E-state index contributed by atoms with van der Waals surface area (Å²) in [5.74, 6) is 0.986. The summed E-state index contributed by atoms with van der Waals surface area (Å²) in [4.78, 5) is 14.7. The minimum absolute atomic E-state index is 0.235. The first-order valence-electron chi connectivity index (χ1n) is 7.47. The molecule has 0 aromatic heterocycles. The van der Waals surface area contributed by atoms with E-state index >= 15 is 0 Å². The predicted molar refractivity (Wildman–Crippen MR) is 74.1 cm³/mol. The third-order valence-corrected chi connectivity index (χ3v) is 5.29. The van der Waals surface area contributed by atoms with Crippen LogP contribution in [0.4, 0.5) is 0 Å². The van der Waals surface area contributed by atoms with Crippen molar-refractivity contribution in [1.29, 1.82) is 0 Å². The average Bonchev–Trinajstić information content (AvgIpc) is 3.09. The molecule has 0 aromatic carbocycles. The first-order valence-corrected chi connectivity index (χ1v) is 7.47. The molecule has 1 aliphatic heterocycles. The lowest BCUT2D eigenvalue weighted by atomic mass is 9.91. The molecule has 104 valence electrons. The molecule has 1 N–H and O–H groups in total. The molecule has 0 aromatic rings. The first-order chi connectivity index (χ1) is 8.38. The molecule has 0 bridgehead atoms. The summed E-state index contributed by atoms with van der Waals surface area (Å²) in [6, 6.07) is 0. The standard InChI is InChI=1S/C15H28N2O/c1-6-12-16-14(5,7-2)13(18)17(12)10-15(8-9-15)11(3)4/h11-12,16H,6-10H2,1-5H3. The van der Waals surface area contributed by atoms with Crippen LogP contribution in [0.3, 0.4) is 0 Å². The van der Waals surface area contributed by atoms with Gasteiger partial charge in [-0.2, -0.15) is 0 Å². The molecule has 1 saturated heterocycles. The van der Waals surface area contributed by atoms with Crippen LogP contribution in [-0.2, 0) is 4.79 Å². The molecule has 3 nitrogen and oxygen atoms in total. The molecule has 2 unspecified atom stereocenters. The zero-order chi connectivity index (χ0) is 13.6. The van der Waals surface area contributed by atoms with Crippen molar-refractivity contribution in [3.63, 3.8) is 0 Å². The minimum atomic E-state index is -0.340. The Morgan fingerprint density at radius 2 is 2.00 bits per heavy atom. The van der Waals surface area contributed by atoms with Gasteiger partial charge in [0.2, 0.25) is 5.91 Å². The highest BCUT2D eigenvalue weighted by molar-refractivity contribution is 5.88. The number of nitrogens with one attached hydrogen (secondary N) is 1. The van der Waals surface area contributed by atoms with Gasteiger partial charge in [0.05, 0.1) is 11.7 Å². The number of carbonyl (C=O) groups is 1. The molecular weight excluding hydrogens is 224 g/mol. The summed E-state index contributed by atoms with van der Waals surface area (Å²) < 4.78 is 0. The maximum atomic E-state index is 12.6. The van der Waals surface area contributed by atoms with Gasteiger partial charge in [-0.1, -0.05) is 27.7 Å². The van der Waals surface area contributed by atoms with Crippen molar-refractivity contribution in [2.24, 2.45) is 11.3 Å². The van der Waals surface area contributed by atoms with Crippen LogP contribution < -0.4 is 5.32 Å². The molecule has 0 radical (unpaired) electrons. The first kappa shape index (κ1) is 13.9. The van der Waals surface area contributed by atoms with E-state index in [1.54, 1.807) is 0 Å². The molecule has 2 aliphatic rings. The predicted octanol–water partition coefficient (Wildman–Crippen LogP) is 2.76. The van der Waals surface area contributed by atoms with Crippen molar-refractivity contribution >= 4 is 5.91 Å². The quantitative estimate of drug-likeness (QED) is 0.816. The summed E-state index contributed by atoms with van der Waals surface area (Å²) in [6.07, 6.45) is 4.67. The lowest BCUT2D eigenvalue weighted by molar-refractivity contribution is -0.134. The van der Waals surface area contributed by atoms with Crippen LogP contribution in [-0.4, -0.2) is 29.1 Å². The van der Waals surface area contributed by atoms with E-state index in [4.69, 9.17) is 0 Å². The van der Waals surface area contributed by atoms with Crippen LogP contribution in [0.15, 0.2) is 0 Å². The zero-order valence-electron chi connectivity index (χ0n) is 12.5. The van der Waals surface area contributed by atoms with E-state index in [1.165, 1.54) is 12.8 Å². The summed E-state index contributed by atoms with van der Waals surface area (Å²) in [5.41, 5.74) is 0.0670. The van der Waals surface area contributed by atoms with Crippen molar-refractivity contribution in [3.8, 4) is 0 Å². The van der Waals surface area contributed by atoms with Gasteiger partial charge in [-0.3, -0.25) is 10.1 Å². The van der Waals surface area contributed by atoms with Gasteiger partial charge in [0.1, 0.15) is 0 Å². The van der Waals surface area contributed by atoms with Crippen molar-refractivity contribution in [2.45, 2.75) is 72.0 Å². The molecule has 1 saturated carbocycles. The van der Waals surface area contributed by atoms with Crippen LogP contribution in [0.1, 0.15) is 60.3 Å². The Bertz CT molecular complexity index is 335. The smallest absolute Gasteiger partial charge is 0.243 e. The van der Waals surface area contributed by atoms with Gasteiger partial charge in [0, 0.05) is 6.54 Å². The van der Waals surface area contributed by atoms with E-state index in [0.717, 1.165) is 19.4 Å². The Morgan fingerprint density at radius 1 is 1.39 bits per heavy atom. The summed E-state index contributed by atoms with van der Waals surface area (Å²) in [5, 5.41) is 3.53. The third kappa shape index (κ3) is 2.07. The van der Waals surface area contributed by atoms with Crippen molar-refractivity contribution in [3.05, 3.63) is 0 Å². The van der Waals surface area contributed by atoms with Gasteiger partial charge >= 0.3 is 0 Å². The maximum Gasteiger partial charge on any atom is 0.243 e. The van der Waals surface area contributed by atoms with Gasteiger partial charge in [-0.15, -0.1) is 0 Å². The van der Waals surface area contributed by atoms with Gasteiger partial charge in [-0.25, -0.2) is 0 Å². The average molecular weight is 252 g/mol. The zero-order valence-corrected chi connectivity index (χ0v) is 12.5.